The molecule has 0 aliphatic carbocycles. The predicted molar refractivity (Wildman–Crippen MR) is 85.9 cm³/mol. The molecule has 0 amide bonds. The number of hydrogen-bond acceptors (Lipinski definition) is 3. The van der Waals surface area contributed by atoms with Crippen LogP contribution in [0.1, 0.15) is 23.0 Å². The second-order valence-corrected chi connectivity index (χ2v) is 6.14. The maximum Gasteiger partial charge on any atom is 0.0738 e. The van der Waals surface area contributed by atoms with Gasteiger partial charge in [0.1, 0.15) is 0 Å². The standard InChI is InChI=1S/C13H15BrCl2N4/c1-7-13(14)11(20(2)19-7)6-10(18-17)12-8(15)4-3-5-9(12)16/h3-5,10,18H,6,17H2,1-2H3. The third-order valence-corrected chi connectivity index (χ3v) is 4.90. The van der Waals surface area contributed by atoms with E-state index in [9.17, 15) is 0 Å². The van der Waals surface area contributed by atoms with Gasteiger partial charge in [-0.1, -0.05) is 29.3 Å². The van der Waals surface area contributed by atoms with Gasteiger partial charge in [-0.3, -0.25) is 16.0 Å². The number of benzene rings is 1. The summed E-state index contributed by atoms with van der Waals surface area (Å²) in [5.74, 6) is 5.69. The molecule has 0 radical (unpaired) electrons. The largest absolute Gasteiger partial charge is 0.271 e. The van der Waals surface area contributed by atoms with Crippen molar-refractivity contribution >= 4 is 39.1 Å². The van der Waals surface area contributed by atoms with Gasteiger partial charge in [0, 0.05) is 29.1 Å². The third kappa shape index (κ3) is 3.02. The molecule has 7 heteroatoms. The van der Waals surface area contributed by atoms with Crippen molar-refractivity contribution in [3.05, 3.63) is 49.7 Å². The minimum Gasteiger partial charge on any atom is -0.271 e. The van der Waals surface area contributed by atoms with Gasteiger partial charge in [-0.2, -0.15) is 5.10 Å². The summed E-state index contributed by atoms with van der Waals surface area (Å²) in [6, 6.07) is 5.22. The zero-order valence-corrected chi connectivity index (χ0v) is 14.2. The molecule has 1 atom stereocenters. The number of aryl methyl sites for hydroxylation is 2. The number of hydrogen-bond donors (Lipinski definition) is 2. The first-order valence-corrected chi connectivity index (χ1v) is 7.58. The van der Waals surface area contributed by atoms with Gasteiger partial charge in [0.25, 0.3) is 0 Å². The molecule has 0 aliphatic heterocycles. The topological polar surface area (TPSA) is 55.9 Å². The van der Waals surface area contributed by atoms with Crippen molar-refractivity contribution in [2.24, 2.45) is 12.9 Å². The summed E-state index contributed by atoms with van der Waals surface area (Å²) in [7, 11) is 1.90. The number of nitrogens with two attached hydrogens (primary N) is 1. The highest BCUT2D eigenvalue weighted by Crippen LogP contribution is 2.33. The molecule has 1 heterocycles. The van der Waals surface area contributed by atoms with E-state index in [0.29, 0.717) is 16.5 Å². The Hall–Kier alpha value is -0.590. The average Bonchev–Trinajstić information content (AvgIpc) is 2.63. The van der Waals surface area contributed by atoms with Gasteiger partial charge >= 0.3 is 0 Å². The molecule has 0 saturated carbocycles. The first-order valence-electron chi connectivity index (χ1n) is 6.03. The second kappa shape index (κ2) is 6.45. The molecule has 20 heavy (non-hydrogen) atoms. The van der Waals surface area contributed by atoms with E-state index in [1.54, 1.807) is 12.1 Å². The lowest BCUT2D eigenvalue weighted by Crippen LogP contribution is -2.30. The zero-order chi connectivity index (χ0) is 14.9. The molecule has 4 nitrogen and oxygen atoms in total. The SMILES string of the molecule is Cc1nn(C)c(CC(NN)c2c(Cl)cccc2Cl)c1Br. The van der Waals surface area contributed by atoms with Gasteiger partial charge in [0.2, 0.25) is 0 Å². The summed E-state index contributed by atoms with van der Waals surface area (Å²) < 4.78 is 2.80. The van der Waals surface area contributed by atoms with Crippen LogP contribution in [0.4, 0.5) is 0 Å². The Morgan fingerprint density at radius 2 is 2.00 bits per heavy atom. The van der Waals surface area contributed by atoms with E-state index >= 15 is 0 Å². The number of hydrazine groups is 1. The second-order valence-electron chi connectivity index (χ2n) is 4.53. The molecule has 2 aromatic rings. The number of aromatic nitrogens is 2. The average molecular weight is 378 g/mol. The highest BCUT2D eigenvalue weighted by Gasteiger charge is 2.21. The number of rotatable bonds is 4. The van der Waals surface area contributed by atoms with Gasteiger partial charge in [0.15, 0.2) is 0 Å². The van der Waals surface area contributed by atoms with Crippen LogP contribution in [0.2, 0.25) is 10.0 Å². The van der Waals surface area contributed by atoms with Crippen molar-refractivity contribution in [2.75, 3.05) is 0 Å². The van der Waals surface area contributed by atoms with E-state index < -0.39 is 0 Å². The third-order valence-electron chi connectivity index (χ3n) is 3.21. The minimum absolute atomic E-state index is 0.192. The molecular weight excluding hydrogens is 363 g/mol. The van der Waals surface area contributed by atoms with Crippen LogP contribution in [0, 0.1) is 6.92 Å². The Kier molecular flexibility index (Phi) is 5.09. The smallest absolute Gasteiger partial charge is 0.0738 e. The molecule has 1 unspecified atom stereocenters. The normalized spacial score (nSPS) is 12.7. The predicted octanol–water partition coefficient (Wildman–Crippen LogP) is 3.54. The molecule has 0 saturated heterocycles. The zero-order valence-electron chi connectivity index (χ0n) is 11.1. The minimum atomic E-state index is -0.192. The number of halogens is 3. The lowest BCUT2D eigenvalue weighted by Gasteiger charge is -2.19. The van der Waals surface area contributed by atoms with Crippen LogP contribution < -0.4 is 11.3 Å². The van der Waals surface area contributed by atoms with Crippen LogP contribution >= 0.6 is 39.1 Å². The first kappa shape index (κ1) is 15.8. The van der Waals surface area contributed by atoms with Gasteiger partial charge < -0.3 is 0 Å². The fraction of sp³-hybridized carbons (Fsp3) is 0.308. The highest BCUT2D eigenvalue weighted by molar-refractivity contribution is 9.10. The van der Waals surface area contributed by atoms with Crippen LogP contribution in [0.3, 0.4) is 0 Å². The summed E-state index contributed by atoms with van der Waals surface area (Å²) in [6.45, 7) is 1.95. The Balaban J connectivity index is 2.39. The molecule has 2 rings (SSSR count). The fourth-order valence-electron chi connectivity index (χ4n) is 2.18. The van der Waals surface area contributed by atoms with Gasteiger partial charge in [-0.25, -0.2) is 0 Å². The quantitative estimate of drug-likeness (QED) is 0.632. The number of nitrogens with zero attached hydrogens (tertiary/aromatic N) is 2. The van der Waals surface area contributed by atoms with Crippen molar-refractivity contribution in [3.8, 4) is 0 Å². The molecule has 1 aromatic carbocycles. The molecule has 0 spiro atoms. The summed E-state index contributed by atoms with van der Waals surface area (Å²) in [6.07, 6.45) is 0.623. The van der Waals surface area contributed by atoms with E-state index in [-0.39, 0.29) is 6.04 Å². The summed E-state index contributed by atoms with van der Waals surface area (Å²) in [5, 5.41) is 5.56. The van der Waals surface area contributed by atoms with E-state index in [0.717, 1.165) is 21.4 Å². The van der Waals surface area contributed by atoms with E-state index in [1.807, 2.05) is 24.7 Å². The van der Waals surface area contributed by atoms with Gasteiger partial charge in [-0.05, 0) is 35.0 Å². The molecule has 108 valence electrons. The van der Waals surface area contributed by atoms with Crippen LogP contribution in [0.15, 0.2) is 22.7 Å². The van der Waals surface area contributed by atoms with Crippen molar-refractivity contribution in [1.82, 2.24) is 15.2 Å². The fourth-order valence-corrected chi connectivity index (χ4v) is 3.34. The van der Waals surface area contributed by atoms with Crippen molar-refractivity contribution < 1.29 is 0 Å². The Labute approximate surface area is 136 Å². The highest BCUT2D eigenvalue weighted by atomic mass is 79.9. The van der Waals surface area contributed by atoms with E-state index in [2.05, 4.69) is 26.5 Å². The summed E-state index contributed by atoms with van der Waals surface area (Å²) in [4.78, 5) is 0. The molecular formula is C13H15BrCl2N4. The van der Waals surface area contributed by atoms with Crippen LogP contribution in [0.25, 0.3) is 0 Å². The van der Waals surface area contributed by atoms with Crippen molar-refractivity contribution in [2.45, 2.75) is 19.4 Å². The van der Waals surface area contributed by atoms with Crippen molar-refractivity contribution in [3.63, 3.8) is 0 Å². The van der Waals surface area contributed by atoms with Gasteiger partial charge in [0.05, 0.1) is 21.9 Å². The van der Waals surface area contributed by atoms with Gasteiger partial charge in [-0.15, -0.1) is 0 Å². The number of nitrogens with one attached hydrogen (secondary N) is 1. The van der Waals surface area contributed by atoms with E-state index in [4.69, 9.17) is 29.0 Å². The monoisotopic (exact) mass is 376 g/mol. The van der Waals surface area contributed by atoms with E-state index in [1.165, 1.54) is 0 Å². The summed E-state index contributed by atoms with van der Waals surface area (Å²) in [5.41, 5.74) is 5.54. The maximum atomic E-state index is 6.24. The molecule has 1 aromatic heterocycles. The molecule has 3 N–H and O–H groups in total. The Morgan fingerprint density at radius 1 is 1.40 bits per heavy atom. The molecule has 0 fully saturated rings. The first-order chi connectivity index (χ1) is 9.45. The Morgan fingerprint density at radius 3 is 2.45 bits per heavy atom. The van der Waals surface area contributed by atoms with Crippen molar-refractivity contribution in [1.29, 1.82) is 0 Å². The lowest BCUT2D eigenvalue weighted by atomic mass is 10.0. The van der Waals surface area contributed by atoms with Crippen LogP contribution in [-0.2, 0) is 13.5 Å². The van der Waals surface area contributed by atoms with Crippen LogP contribution in [0.5, 0.6) is 0 Å². The maximum absolute atomic E-state index is 6.24. The Bertz CT molecular complexity index is 607. The lowest BCUT2D eigenvalue weighted by molar-refractivity contribution is 0.529. The summed E-state index contributed by atoms with van der Waals surface area (Å²) >= 11 is 16.0. The molecule has 0 bridgehead atoms. The molecule has 0 aliphatic rings. The van der Waals surface area contributed by atoms with Crippen LogP contribution in [-0.4, -0.2) is 9.78 Å².